The van der Waals surface area contributed by atoms with Crippen LogP contribution in [-0.4, -0.2) is 58.9 Å². The summed E-state index contributed by atoms with van der Waals surface area (Å²) in [7, 11) is -1.88. The Kier molecular flexibility index (Phi) is 8.55. The number of carbonyl (C=O) groups is 1. The lowest BCUT2D eigenvalue weighted by molar-refractivity contribution is -0.133. The first kappa shape index (κ1) is 24.2. The van der Waals surface area contributed by atoms with Gasteiger partial charge in [-0.15, -0.1) is 0 Å². The number of carbonyl (C=O) groups excluding carboxylic acids is 1. The number of rotatable bonds is 8. The highest BCUT2D eigenvalue weighted by Crippen LogP contribution is 2.28. The molecular formula is C21H35N3O3S2. The van der Waals surface area contributed by atoms with Crippen molar-refractivity contribution in [3.63, 3.8) is 0 Å². The Morgan fingerprint density at radius 3 is 2.14 bits per heavy atom. The van der Waals surface area contributed by atoms with Gasteiger partial charge in [0.1, 0.15) is 4.90 Å². The molecule has 1 aromatic heterocycles. The van der Waals surface area contributed by atoms with E-state index in [9.17, 15) is 13.2 Å². The normalized spacial score (nSPS) is 17.1. The molecule has 1 aliphatic carbocycles. The van der Waals surface area contributed by atoms with Crippen molar-refractivity contribution in [3.8, 4) is 0 Å². The summed E-state index contributed by atoms with van der Waals surface area (Å²) in [5.74, 6) is 0.0653. The Hall–Kier alpha value is -1.12. The molecule has 1 atom stereocenters. The largest absolute Gasteiger partial charge is 0.337 e. The Balaban J connectivity index is 2.08. The van der Waals surface area contributed by atoms with Crippen molar-refractivity contribution in [2.45, 2.75) is 100 Å². The van der Waals surface area contributed by atoms with Crippen LogP contribution in [0.15, 0.2) is 28.3 Å². The van der Waals surface area contributed by atoms with E-state index in [-0.39, 0.29) is 34.2 Å². The summed E-state index contributed by atoms with van der Waals surface area (Å²) < 4.78 is 27.4. The molecule has 6 nitrogen and oxygen atoms in total. The van der Waals surface area contributed by atoms with E-state index in [4.69, 9.17) is 0 Å². The van der Waals surface area contributed by atoms with Crippen LogP contribution in [0.4, 0.5) is 0 Å². The van der Waals surface area contributed by atoms with Gasteiger partial charge in [-0.05, 0) is 59.6 Å². The second-order valence-corrected chi connectivity index (χ2v) is 11.7. The van der Waals surface area contributed by atoms with Crippen LogP contribution in [0.2, 0.25) is 0 Å². The van der Waals surface area contributed by atoms with Gasteiger partial charge >= 0.3 is 0 Å². The molecule has 29 heavy (non-hydrogen) atoms. The molecule has 1 aromatic rings. The fourth-order valence-electron chi connectivity index (χ4n) is 3.94. The molecule has 0 N–H and O–H groups in total. The molecule has 0 saturated heterocycles. The highest BCUT2D eigenvalue weighted by atomic mass is 32.2. The lowest BCUT2D eigenvalue weighted by atomic mass is 9.96. The number of thioether (sulfide) groups is 1. The SMILES string of the molecule is CC(Sc1ccc(S(=O)(=O)N(C)C2CCCCC2)cn1)C(=O)N(C(C)C)C(C)C. The third kappa shape index (κ3) is 5.95. The van der Waals surface area contributed by atoms with Crippen molar-refractivity contribution < 1.29 is 13.2 Å². The summed E-state index contributed by atoms with van der Waals surface area (Å²) in [5.41, 5.74) is 0. The molecule has 0 radical (unpaired) electrons. The van der Waals surface area contributed by atoms with E-state index in [0.29, 0.717) is 5.03 Å². The summed E-state index contributed by atoms with van der Waals surface area (Å²) >= 11 is 1.36. The molecule has 0 bridgehead atoms. The summed E-state index contributed by atoms with van der Waals surface area (Å²) in [6.45, 7) is 9.91. The maximum atomic E-state index is 12.9. The zero-order chi connectivity index (χ0) is 21.8. The number of hydrogen-bond acceptors (Lipinski definition) is 5. The molecule has 164 valence electrons. The van der Waals surface area contributed by atoms with Gasteiger partial charge in [-0.25, -0.2) is 13.4 Å². The van der Waals surface area contributed by atoms with E-state index in [0.717, 1.165) is 25.7 Å². The van der Waals surface area contributed by atoms with Crippen molar-refractivity contribution in [2.24, 2.45) is 0 Å². The van der Waals surface area contributed by atoms with Gasteiger partial charge < -0.3 is 4.90 Å². The van der Waals surface area contributed by atoms with E-state index in [1.807, 2.05) is 39.5 Å². The first-order valence-corrected chi connectivity index (χ1v) is 12.8. The van der Waals surface area contributed by atoms with Crippen LogP contribution in [0.25, 0.3) is 0 Å². The van der Waals surface area contributed by atoms with Gasteiger partial charge in [0.25, 0.3) is 0 Å². The van der Waals surface area contributed by atoms with Gasteiger partial charge in [0.05, 0.1) is 10.3 Å². The van der Waals surface area contributed by atoms with Crippen molar-refractivity contribution in [2.75, 3.05) is 7.05 Å². The smallest absolute Gasteiger partial charge is 0.244 e. The monoisotopic (exact) mass is 441 g/mol. The van der Waals surface area contributed by atoms with Gasteiger partial charge in [-0.3, -0.25) is 4.79 Å². The molecule has 8 heteroatoms. The molecule has 0 aromatic carbocycles. The minimum atomic E-state index is -3.55. The number of sulfonamides is 1. The molecule has 1 heterocycles. The summed E-state index contributed by atoms with van der Waals surface area (Å²) in [4.78, 5) is 19.2. The number of pyridine rings is 1. The lowest BCUT2D eigenvalue weighted by Gasteiger charge is -2.32. The Labute approximate surface area is 180 Å². The third-order valence-corrected chi connectivity index (χ3v) is 8.42. The Morgan fingerprint density at radius 2 is 1.66 bits per heavy atom. The highest BCUT2D eigenvalue weighted by molar-refractivity contribution is 8.00. The predicted molar refractivity (Wildman–Crippen MR) is 118 cm³/mol. The van der Waals surface area contributed by atoms with E-state index < -0.39 is 10.0 Å². The third-order valence-electron chi connectivity index (χ3n) is 5.49. The molecule has 1 unspecified atom stereocenters. The minimum absolute atomic E-state index is 0.0653. The first-order valence-electron chi connectivity index (χ1n) is 10.5. The number of nitrogens with zero attached hydrogens (tertiary/aromatic N) is 3. The number of hydrogen-bond donors (Lipinski definition) is 0. The maximum Gasteiger partial charge on any atom is 0.244 e. The van der Waals surface area contributed by atoms with Crippen LogP contribution < -0.4 is 0 Å². The van der Waals surface area contributed by atoms with Crippen LogP contribution in [0.3, 0.4) is 0 Å². The van der Waals surface area contributed by atoms with Gasteiger partial charge in [0, 0.05) is 31.4 Å². The van der Waals surface area contributed by atoms with Crippen LogP contribution in [0.5, 0.6) is 0 Å². The molecule has 1 amide bonds. The highest BCUT2D eigenvalue weighted by Gasteiger charge is 2.30. The number of amides is 1. The Morgan fingerprint density at radius 1 is 1.07 bits per heavy atom. The fourth-order valence-corrected chi connectivity index (χ4v) is 6.15. The average molecular weight is 442 g/mol. The second-order valence-electron chi connectivity index (χ2n) is 8.34. The van der Waals surface area contributed by atoms with E-state index in [1.165, 1.54) is 28.7 Å². The summed E-state index contributed by atoms with van der Waals surface area (Å²) in [5, 5.41) is 0.359. The van der Waals surface area contributed by atoms with E-state index in [1.54, 1.807) is 19.2 Å². The topological polar surface area (TPSA) is 70.6 Å². The van der Waals surface area contributed by atoms with Crippen molar-refractivity contribution in [1.82, 2.24) is 14.2 Å². The van der Waals surface area contributed by atoms with Gasteiger partial charge in [-0.1, -0.05) is 31.0 Å². The molecule has 1 saturated carbocycles. The first-order chi connectivity index (χ1) is 13.6. The molecule has 0 spiro atoms. The van der Waals surface area contributed by atoms with Crippen molar-refractivity contribution in [1.29, 1.82) is 0 Å². The summed E-state index contributed by atoms with van der Waals surface area (Å²) in [6.07, 6.45) is 6.58. The average Bonchev–Trinajstić information content (AvgIpc) is 2.67. The molecule has 0 aliphatic heterocycles. The second kappa shape index (κ2) is 10.3. The molecular weight excluding hydrogens is 406 g/mol. The van der Waals surface area contributed by atoms with E-state index >= 15 is 0 Å². The van der Waals surface area contributed by atoms with Gasteiger partial charge in [0.2, 0.25) is 15.9 Å². The van der Waals surface area contributed by atoms with Gasteiger partial charge in [0.15, 0.2) is 0 Å². The quantitative estimate of drug-likeness (QED) is 0.567. The lowest BCUT2D eigenvalue weighted by Crippen LogP contribution is -2.45. The fraction of sp³-hybridized carbons (Fsp3) is 0.714. The zero-order valence-electron chi connectivity index (χ0n) is 18.5. The Bertz CT molecular complexity index is 765. The molecule has 1 fully saturated rings. The van der Waals surface area contributed by atoms with Crippen molar-refractivity contribution in [3.05, 3.63) is 18.3 Å². The summed E-state index contributed by atoms with van der Waals surface area (Å²) in [6, 6.07) is 3.62. The van der Waals surface area contributed by atoms with Crippen LogP contribution in [0, 0.1) is 0 Å². The van der Waals surface area contributed by atoms with Crippen LogP contribution >= 0.6 is 11.8 Å². The van der Waals surface area contributed by atoms with Gasteiger partial charge in [-0.2, -0.15) is 4.31 Å². The predicted octanol–water partition coefficient (Wildman–Crippen LogP) is 4.16. The standard InChI is InChI=1S/C21H35N3O3S2/c1-15(2)24(16(3)4)21(25)17(5)28-20-13-12-19(14-22-20)29(26,27)23(6)18-10-8-7-9-11-18/h12-18H,7-11H2,1-6H3. The minimum Gasteiger partial charge on any atom is -0.337 e. The van der Waals surface area contributed by atoms with Crippen molar-refractivity contribution >= 4 is 27.7 Å². The maximum absolute atomic E-state index is 12.9. The zero-order valence-corrected chi connectivity index (χ0v) is 20.1. The van der Waals surface area contributed by atoms with Crippen LogP contribution in [0.1, 0.15) is 66.7 Å². The number of aromatic nitrogens is 1. The molecule has 2 rings (SSSR count). The van der Waals surface area contributed by atoms with E-state index in [2.05, 4.69) is 4.98 Å². The molecule has 1 aliphatic rings. The van der Waals surface area contributed by atoms with Crippen LogP contribution in [-0.2, 0) is 14.8 Å².